The van der Waals surface area contributed by atoms with Crippen LogP contribution in [0.15, 0.2) is 23.7 Å². The number of imidazole rings is 1. The third-order valence-corrected chi connectivity index (χ3v) is 4.52. The monoisotopic (exact) mass is 334 g/mol. The van der Waals surface area contributed by atoms with E-state index in [0.29, 0.717) is 12.0 Å². The topological polar surface area (TPSA) is 65.8 Å². The van der Waals surface area contributed by atoms with Crippen molar-refractivity contribution in [2.45, 2.75) is 32.7 Å². The Hall–Kier alpha value is -2.05. The average molecular weight is 334 g/mol. The number of guanidine groups is 1. The lowest BCUT2D eigenvalue weighted by molar-refractivity contribution is -0.127. The fourth-order valence-electron chi connectivity index (χ4n) is 2.88. The minimum Gasteiger partial charge on any atom is -0.356 e. The van der Waals surface area contributed by atoms with E-state index in [4.69, 9.17) is 0 Å². The Morgan fingerprint density at radius 3 is 2.88 bits per heavy atom. The normalized spacial score (nSPS) is 21.7. The summed E-state index contributed by atoms with van der Waals surface area (Å²) in [6.45, 7) is 7.29. The zero-order valence-corrected chi connectivity index (χ0v) is 15.3. The molecule has 1 saturated heterocycles. The van der Waals surface area contributed by atoms with Crippen molar-refractivity contribution in [2.24, 2.45) is 10.9 Å². The first-order chi connectivity index (χ1) is 11.5. The van der Waals surface area contributed by atoms with Crippen LogP contribution in [0.5, 0.6) is 0 Å². The average Bonchev–Trinajstić information content (AvgIpc) is 3.09. The van der Waals surface area contributed by atoms with Gasteiger partial charge < -0.3 is 19.7 Å². The van der Waals surface area contributed by atoms with E-state index < -0.39 is 0 Å². The molecule has 0 saturated carbocycles. The van der Waals surface area contributed by atoms with Gasteiger partial charge in [-0.1, -0.05) is 13.8 Å². The van der Waals surface area contributed by atoms with Crippen molar-refractivity contribution in [2.75, 3.05) is 40.3 Å². The number of nitrogens with zero attached hydrogens (tertiary/aromatic N) is 5. The van der Waals surface area contributed by atoms with Gasteiger partial charge in [0.25, 0.3) is 0 Å². The highest BCUT2D eigenvalue weighted by atomic mass is 16.2. The van der Waals surface area contributed by atoms with Gasteiger partial charge in [0.1, 0.15) is 6.54 Å². The lowest BCUT2D eigenvalue weighted by Gasteiger charge is -2.39. The maximum Gasteiger partial charge on any atom is 0.243 e. The molecule has 1 aromatic heterocycles. The first kappa shape index (κ1) is 18.3. The summed E-state index contributed by atoms with van der Waals surface area (Å²) in [6, 6.07) is 0.374. The van der Waals surface area contributed by atoms with Gasteiger partial charge in [-0.3, -0.25) is 4.79 Å². The van der Waals surface area contributed by atoms with Gasteiger partial charge in [-0.05, 0) is 18.8 Å². The number of aromatic nitrogens is 2. The number of hydrogen-bond acceptors (Lipinski definition) is 3. The van der Waals surface area contributed by atoms with Gasteiger partial charge in [-0.25, -0.2) is 9.98 Å². The summed E-state index contributed by atoms with van der Waals surface area (Å²) in [4.78, 5) is 24.5. The van der Waals surface area contributed by atoms with Crippen LogP contribution >= 0.6 is 0 Å². The number of carbonyl (C=O) groups is 1. The van der Waals surface area contributed by atoms with Crippen LogP contribution in [0.3, 0.4) is 0 Å². The lowest BCUT2D eigenvalue weighted by atomic mass is 9.93. The molecule has 2 heterocycles. The van der Waals surface area contributed by atoms with Gasteiger partial charge in [-0.15, -0.1) is 0 Å². The van der Waals surface area contributed by atoms with Crippen LogP contribution < -0.4 is 5.32 Å². The first-order valence-electron chi connectivity index (χ1n) is 8.73. The molecule has 7 nitrogen and oxygen atoms in total. The number of aliphatic imine (C=N–C) groups is 1. The zero-order chi connectivity index (χ0) is 17.5. The first-order valence-corrected chi connectivity index (χ1v) is 8.73. The molecule has 1 amide bonds. The quantitative estimate of drug-likeness (QED) is 0.649. The molecule has 1 N–H and O–H groups in total. The molecule has 0 aliphatic carbocycles. The lowest BCUT2D eigenvalue weighted by Crippen LogP contribution is -2.49. The molecular formula is C17H30N6O. The van der Waals surface area contributed by atoms with E-state index in [0.717, 1.165) is 38.4 Å². The maximum absolute atomic E-state index is 11.9. The van der Waals surface area contributed by atoms with Gasteiger partial charge in [0, 0.05) is 46.1 Å². The summed E-state index contributed by atoms with van der Waals surface area (Å²) in [6.07, 6.45) is 7.85. The number of carbonyl (C=O) groups excluding carboxylic acids is 1. The fourth-order valence-corrected chi connectivity index (χ4v) is 2.88. The van der Waals surface area contributed by atoms with Crippen LogP contribution in [0.2, 0.25) is 0 Å². The van der Waals surface area contributed by atoms with Gasteiger partial charge in [-0.2, -0.15) is 0 Å². The van der Waals surface area contributed by atoms with E-state index in [1.165, 1.54) is 0 Å². The van der Waals surface area contributed by atoms with Crippen LogP contribution in [0.1, 0.15) is 32.7 Å². The van der Waals surface area contributed by atoms with Crippen molar-refractivity contribution < 1.29 is 4.79 Å². The van der Waals surface area contributed by atoms with Crippen molar-refractivity contribution in [3.63, 3.8) is 0 Å². The van der Waals surface area contributed by atoms with Gasteiger partial charge in [0.15, 0.2) is 5.96 Å². The number of likely N-dealkylation sites (tertiary alicyclic amines) is 1. The second-order valence-electron chi connectivity index (χ2n) is 6.64. The SMILES string of the molecule is CCCNC(=NCC(=O)N(C)C)N1CCC(C)C(n2ccnc2)C1. The molecule has 1 aliphatic heterocycles. The predicted octanol–water partition coefficient (Wildman–Crippen LogP) is 1.21. The minimum atomic E-state index is 0.0161. The van der Waals surface area contributed by atoms with E-state index in [1.54, 1.807) is 19.0 Å². The molecule has 2 unspecified atom stereocenters. The standard InChI is InChI=1S/C17H30N6O/c1-5-7-19-17(20-11-16(24)21(3)4)22-9-6-14(2)15(12-22)23-10-8-18-13-23/h8,10,13-15H,5-7,9,11-12H2,1-4H3,(H,19,20). The van der Waals surface area contributed by atoms with Crippen LogP contribution in [0.25, 0.3) is 0 Å². The molecule has 2 rings (SSSR count). The van der Waals surface area contributed by atoms with E-state index in [2.05, 4.69) is 38.6 Å². The Labute approximate surface area is 144 Å². The number of amides is 1. The molecule has 24 heavy (non-hydrogen) atoms. The second kappa shape index (κ2) is 8.70. The Morgan fingerprint density at radius 2 is 2.25 bits per heavy atom. The van der Waals surface area contributed by atoms with Crippen molar-refractivity contribution >= 4 is 11.9 Å². The Balaban J connectivity index is 2.10. The molecule has 1 aromatic rings. The third-order valence-electron chi connectivity index (χ3n) is 4.52. The Bertz CT molecular complexity index is 539. The van der Waals surface area contributed by atoms with Crippen molar-refractivity contribution in [1.82, 2.24) is 24.7 Å². The molecule has 134 valence electrons. The summed E-state index contributed by atoms with van der Waals surface area (Å²) in [7, 11) is 3.52. The minimum absolute atomic E-state index is 0.0161. The molecule has 1 fully saturated rings. The predicted molar refractivity (Wildman–Crippen MR) is 95.9 cm³/mol. The number of nitrogens with one attached hydrogen (secondary N) is 1. The fraction of sp³-hybridized carbons (Fsp3) is 0.706. The van der Waals surface area contributed by atoms with E-state index in [9.17, 15) is 4.79 Å². The third kappa shape index (κ3) is 4.72. The Morgan fingerprint density at radius 1 is 1.46 bits per heavy atom. The number of likely N-dealkylation sites (N-methyl/N-ethyl adjacent to an activating group) is 1. The smallest absolute Gasteiger partial charge is 0.243 e. The largest absolute Gasteiger partial charge is 0.356 e. The summed E-state index contributed by atoms with van der Waals surface area (Å²) in [5.74, 6) is 1.44. The van der Waals surface area contributed by atoms with Crippen LogP contribution in [0.4, 0.5) is 0 Å². The van der Waals surface area contributed by atoms with Crippen LogP contribution in [0, 0.1) is 5.92 Å². The van der Waals surface area contributed by atoms with Gasteiger partial charge in [0.05, 0.1) is 12.4 Å². The molecule has 0 spiro atoms. The summed E-state index contributed by atoms with van der Waals surface area (Å²) in [5, 5.41) is 3.39. The molecule has 0 radical (unpaired) electrons. The second-order valence-corrected chi connectivity index (χ2v) is 6.64. The number of hydrogen-bond donors (Lipinski definition) is 1. The molecule has 0 aromatic carbocycles. The molecular weight excluding hydrogens is 304 g/mol. The molecule has 1 aliphatic rings. The van der Waals surface area contributed by atoms with Crippen molar-refractivity contribution in [3.05, 3.63) is 18.7 Å². The summed E-state index contributed by atoms with van der Waals surface area (Å²) in [5.41, 5.74) is 0. The van der Waals surface area contributed by atoms with E-state index >= 15 is 0 Å². The summed E-state index contributed by atoms with van der Waals surface area (Å²) < 4.78 is 2.18. The summed E-state index contributed by atoms with van der Waals surface area (Å²) >= 11 is 0. The Kier molecular flexibility index (Phi) is 6.63. The number of piperidine rings is 1. The highest BCUT2D eigenvalue weighted by molar-refractivity contribution is 5.84. The molecule has 2 atom stereocenters. The van der Waals surface area contributed by atoms with E-state index in [-0.39, 0.29) is 12.5 Å². The van der Waals surface area contributed by atoms with Crippen molar-refractivity contribution in [1.29, 1.82) is 0 Å². The van der Waals surface area contributed by atoms with Crippen LogP contribution in [-0.2, 0) is 4.79 Å². The zero-order valence-electron chi connectivity index (χ0n) is 15.3. The van der Waals surface area contributed by atoms with Crippen molar-refractivity contribution in [3.8, 4) is 0 Å². The molecule has 0 bridgehead atoms. The highest BCUT2D eigenvalue weighted by Crippen LogP contribution is 2.27. The van der Waals surface area contributed by atoms with Gasteiger partial charge in [0.2, 0.25) is 5.91 Å². The highest BCUT2D eigenvalue weighted by Gasteiger charge is 2.29. The van der Waals surface area contributed by atoms with Crippen LogP contribution in [-0.4, -0.2) is 71.5 Å². The molecule has 7 heteroatoms. The van der Waals surface area contributed by atoms with Gasteiger partial charge >= 0.3 is 0 Å². The maximum atomic E-state index is 11.9. The number of rotatable bonds is 5. The van der Waals surface area contributed by atoms with E-state index in [1.807, 2.05) is 18.7 Å².